The molecule has 0 spiro atoms. The van der Waals surface area contributed by atoms with Crippen molar-refractivity contribution in [3.8, 4) is 0 Å². The van der Waals surface area contributed by atoms with Gasteiger partial charge in [-0.3, -0.25) is 0 Å². The van der Waals surface area contributed by atoms with Crippen molar-refractivity contribution in [1.82, 2.24) is 0 Å². The molecule has 2 nitrogen and oxygen atoms in total. The number of allylic oxidation sites excluding steroid dienone is 5. The first-order valence-corrected chi connectivity index (χ1v) is 8.15. The summed E-state index contributed by atoms with van der Waals surface area (Å²) in [5.74, 6) is 0.363. The molecule has 0 saturated heterocycles. The first-order chi connectivity index (χ1) is 9.57. The van der Waals surface area contributed by atoms with E-state index < -0.39 is 5.79 Å². The molecular weight excluding hydrogens is 355 g/mol. The summed E-state index contributed by atoms with van der Waals surface area (Å²) in [7, 11) is 0. The summed E-state index contributed by atoms with van der Waals surface area (Å²) in [5.41, 5.74) is 2.45. The van der Waals surface area contributed by atoms with Crippen LogP contribution in [0.25, 0.3) is 0 Å². The van der Waals surface area contributed by atoms with Crippen molar-refractivity contribution in [2.24, 2.45) is 0 Å². The molecule has 1 unspecified atom stereocenters. The molecule has 0 saturated carbocycles. The van der Waals surface area contributed by atoms with E-state index in [1.54, 1.807) is 0 Å². The van der Waals surface area contributed by atoms with Crippen molar-refractivity contribution >= 4 is 0 Å². The zero-order chi connectivity index (χ0) is 14.6. The molecule has 0 fully saturated rings. The van der Waals surface area contributed by atoms with Gasteiger partial charge < -0.3 is 24.8 Å². The van der Waals surface area contributed by atoms with Crippen LogP contribution in [0, 0.1) is 0 Å². The second-order valence-electron chi connectivity index (χ2n) is 5.49. The minimum atomic E-state index is -0.611. The van der Waals surface area contributed by atoms with Gasteiger partial charge in [-0.1, -0.05) is 0 Å². The summed E-state index contributed by atoms with van der Waals surface area (Å²) in [6.45, 7) is 7.15. The Kier molecular flexibility index (Phi) is 10.0. The van der Waals surface area contributed by atoms with E-state index in [0.717, 1.165) is 43.6 Å². The molecule has 0 radical (unpaired) electrons. The quantitative estimate of drug-likeness (QED) is 0.320. The Labute approximate surface area is 158 Å². The van der Waals surface area contributed by atoms with Crippen LogP contribution < -0.4 is 24.8 Å². The van der Waals surface area contributed by atoms with Crippen LogP contribution in [0.15, 0.2) is 45.1 Å². The number of ether oxygens (including phenoxy) is 2. The molecular formula is C17H23Cl2O2Ti. The topological polar surface area (TPSA) is 18.5 Å². The van der Waals surface area contributed by atoms with E-state index in [2.05, 4.69) is 65.5 Å². The first kappa shape index (κ1) is 22.0. The van der Waals surface area contributed by atoms with Crippen LogP contribution in [-0.4, -0.2) is 12.4 Å². The van der Waals surface area contributed by atoms with Crippen LogP contribution in [-0.2, 0) is 29.9 Å². The van der Waals surface area contributed by atoms with Gasteiger partial charge in [0, 0.05) is 0 Å². The smallest absolute Gasteiger partial charge is 1.00 e. The van der Waals surface area contributed by atoms with E-state index >= 15 is 0 Å². The van der Waals surface area contributed by atoms with Gasteiger partial charge in [0.2, 0.25) is 0 Å². The Morgan fingerprint density at radius 1 is 1.27 bits per heavy atom. The summed E-state index contributed by atoms with van der Waals surface area (Å²) in [5, 5.41) is 0. The maximum absolute atomic E-state index is 6.32. The van der Waals surface area contributed by atoms with Crippen LogP contribution in [0.3, 0.4) is 0 Å². The molecule has 1 atom stereocenters. The largest absolute Gasteiger partial charge is 1.00 e. The monoisotopic (exact) mass is 377 g/mol. The number of hydrogen-bond donors (Lipinski definition) is 0. The molecule has 0 amide bonds. The van der Waals surface area contributed by atoms with Gasteiger partial charge in [0.05, 0.1) is 0 Å². The van der Waals surface area contributed by atoms with Crippen molar-refractivity contribution in [3.63, 3.8) is 0 Å². The van der Waals surface area contributed by atoms with Crippen LogP contribution in [0.5, 0.6) is 0 Å². The van der Waals surface area contributed by atoms with Gasteiger partial charge in [0.25, 0.3) is 0 Å². The molecule has 2 rings (SSSR count). The van der Waals surface area contributed by atoms with Crippen LogP contribution in [0.4, 0.5) is 0 Å². The van der Waals surface area contributed by atoms with Gasteiger partial charge in [0.1, 0.15) is 0 Å². The van der Waals surface area contributed by atoms with Crippen LogP contribution in [0.2, 0.25) is 0 Å². The van der Waals surface area contributed by atoms with E-state index in [1.165, 1.54) is 9.45 Å². The van der Waals surface area contributed by atoms with Gasteiger partial charge in [0.15, 0.2) is 0 Å². The number of unbranched alkanes of at least 4 members (excludes halogenated alkanes) is 1. The fourth-order valence-electron chi connectivity index (χ4n) is 2.43. The first-order valence-electron chi connectivity index (χ1n) is 7.37. The normalized spacial score (nSPS) is 23.5. The van der Waals surface area contributed by atoms with Crippen molar-refractivity contribution in [2.45, 2.75) is 52.2 Å². The summed E-state index contributed by atoms with van der Waals surface area (Å²) >= 11 is 2.12. The van der Waals surface area contributed by atoms with Crippen molar-refractivity contribution in [2.75, 3.05) is 6.61 Å². The van der Waals surface area contributed by atoms with Crippen molar-refractivity contribution in [1.29, 1.82) is 0 Å². The Hall–Kier alpha value is 0.0143. The molecule has 22 heavy (non-hydrogen) atoms. The second kappa shape index (κ2) is 10.00. The molecule has 0 bridgehead atoms. The van der Waals surface area contributed by atoms with E-state index in [0.29, 0.717) is 0 Å². The SMILES string of the molecule is CCCCOC1(OC2=[C]([Ti+2])CC=C2)CC=C(C)C=C1C.[Cl-].[Cl-]. The fraction of sp³-hybridized carbons (Fsp3) is 0.529. The predicted molar refractivity (Wildman–Crippen MR) is 77.6 cm³/mol. The van der Waals surface area contributed by atoms with Gasteiger partial charge in [-0.05, 0) is 0 Å². The zero-order valence-corrected chi connectivity index (χ0v) is 16.5. The van der Waals surface area contributed by atoms with E-state index in [1.807, 2.05) is 0 Å². The van der Waals surface area contributed by atoms with E-state index in [9.17, 15) is 0 Å². The number of rotatable bonds is 6. The third-order valence-corrected chi connectivity index (χ3v) is 4.44. The van der Waals surface area contributed by atoms with Crippen molar-refractivity contribution < 1.29 is 54.7 Å². The fourth-order valence-corrected chi connectivity index (χ4v) is 2.82. The minimum absolute atomic E-state index is 0. The average Bonchev–Trinajstić information content (AvgIpc) is 2.80. The van der Waals surface area contributed by atoms with Crippen LogP contribution in [0.1, 0.15) is 46.5 Å². The Bertz CT molecular complexity index is 495. The Morgan fingerprint density at radius 3 is 2.55 bits per heavy atom. The van der Waals surface area contributed by atoms with Crippen molar-refractivity contribution in [3.05, 3.63) is 45.1 Å². The maximum atomic E-state index is 6.32. The molecule has 2 aliphatic rings. The third-order valence-electron chi connectivity index (χ3n) is 3.73. The van der Waals surface area contributed by atoms with Gasteiger partial charge in [-0.2, -0.15) is 0 Å². The molecule has 121 valence electrons. The molecule has 2 aliphatic carbocycles. The molecule has 5 heteroatoms. The van der Waals surface area contributed by atoms with E-state index in [-0.39, 0.29) is 24.8 Å². The zero-order valence-electron chi connectivity index (χ0n) is 13.4. The summed E-state index contributed by atoms with van der Waals surface area (Å²) < 4.78 is 13.8. The van der Waals surface area contributed by atoms with Crippen LogP contribution >= 0.6 is 0 Å². The van der Waals surface area contributed by atoms with Gasteiger partial charge in [-0.15, -0.1) is 0 Å². The number of halogens is 2. The second-order valence-corrected chi connectivity index (χ2v) is 6.43. The average molecular weight is 378 g/mol. The molecule has 0 aromatic carbocycles. The van der Waals surface area contributed by atoms with Gasteiger partial charge in [-0.25, -0.2) is 0 Å². The standard InChI is InChI=1S/C17H23O2.2ClH.Ti/c1-4-5-12-18-17(19-16-8-6-7-9-16)11-10-14(2)13-15(17)3;;;/h6,8,10,13H,4-5,7,11-12H2,1-3H3;2*1H;/q;;;+2/p-2. The Balaban J connectivity index is 0.00000220. The summed E-state index contributed by atoms with van der Waals surface area (Å²) in [6, 6.07) is 0. The molecule has 0 aliphatic heterocycles. The molecule has 0 heterocycles. The number of hydrogen-bond acceptors (Lipinski definition) is 2. The minimum Gasteiger partial charge on any atom is -1.00 e. The van der Waals surface area contributed by atoms with Gasteiger partial charge >= 0.3 is 134 Å². The van der Waals surface area contributed by atoms with E-state index in [4.69, 9.17) is 9.47 Å². The summed E-state index contributed by atoms with van der Waals surface area (Å²) in [6.07, 6.45) is 12.6. The molecule has 0 aromatic heterocycles. The third kappa shape index (κ3) is 5.28. The summed E-state index contributed by atoms with van der Waals surface area (Å²) in [4.78, 5) is 0. The molecule has 0 N–H and O–H groups in total. The predicted octanol–water partition coefficient (Wildman–Crippen LogP) is -1.46. The maximum Gasteiger partial charge on any atom is -1.00 e. The molecule has 0 aromatic rings. The Morgan fingerprint density at radius 2 is 2.00 bits per heavy atom.